The zero-order chi connectivity index (χ0) is 9.30. The van der Waals surface area contributed by atoms with Gasteiger partial charge in [0.15, 0.2) is 17.5 Å². The molecule has 0 saturated carbocycles. The molecule has 1 rings (SSSR count). The highest BCUT2D eigenvalue weighted by atomic mass is 79.9. The fraction of sp³-hybridized carbons (Fsp3) is 0.143. The normalized spacial score (nSPS) is 10.8. The lowest BCUT2D eigenvalue weighted by Crippen LogP contribution is -1.93. The van der Waals surface area contributed by atoms with Gasteiger partial charge in [-0.05, 0) is 17.7 Å². The van der Waals surface area contributed by atoms with Crippen molar-refractivity contribution < 1.29 is 13.2 Å². The second kappa shape index (κ2) is 3.79. The lowest BCUT2D eigenvalue weighted by Gasteiger charge is -2.02. The minimum atomic E-state index is -1.44. The summed E-state index contributed by atoms with van der Waals surface area (Å²) in [5, 5.41) is 0. The molecule has 1 aromatic carbocycles. The molecule has 5 heteroatoms. The van der Waals surface area contributed by atoms with Crippen molar-refractivity contribution in [3.8, 4) is 0 Å². The number of alkyl halides is 2. The third kappa shape index (κ3) is 2.01. The highest BCUT2D eigenvalue weighted by Crippen LogP contribution is 2.30. The standard InChI is InChI=1S/C7H3Br2F3/c8-7(9)3-1-4(10)6(12)5(11)2-3/h1-2,7H. The minimum Gasteiger partial charge on any atom is -0.204 e. The highest BCUT2D eigenvalue weighted by Gasteiger charge is 2.13. The van der Waals surface area contributed by atoms with Gasteiger partial charge in [0.2, 0.25) is 0 Å². The van der Waals surface area contributed by atoms with Crippen LogP contribution in [-0.2, 0) is 0 Å². The van der Waals surface area contributed by atoms with Crippen LogP contribution >= 0.6 is 31.9 Å². The van der Waals surface area contributed by atoms with Crippen LogP contribution in [0.1, 0.15) is 9.30 Å². The molecule has 0 nitrogen and oxygen atoms in total. The minimum absolute atomic E-state index is 0.298. The van der Waals surface area contributed by atoms with Crippen molar-refractivity contribution in [1.82, 2.24) is 0 Å². The van der Waals surface area contributed by atoms with E-state index in [1.165, 1.54) is 0 Å². The average molecular weight is 304 g/mol. The largest absolute Gasteiger partial charge is 0.204 e. The Morgan fingerprint density at radius 1 is 1.00 bits per heavy atom. The topological polar surface area (TPSA) is 0 Å². The Kier molecular flexibility index (Phi) is 3.17. The smallest absolute Gasteiger partial charge is 0.194 e. The van der Waals surface area contributed by atoms with Crippen molar-refractivity contribution in [3.05, 3.63) is 35.1 Å². The van der Waals surface area contributed by atoms with Crippen molar-refractivity contribution in [1.29, 1.82) is 0 Å². The summed E-state index contributed by atoms with van der Waals surface area (Å²) in [6.07, 6.45) is 0. The zero-order valence-electron chi connectivity index (χ0n) is 5.62. The van der Waals surface area contributed by atoms with Gasteiger partial charge < -0.3 is 0 Å². The Morgan fingerprint density at radius 2 is 1.42 bits per heavy atom. The Bertz CT molecular complexity index is 276. The highest BCUT2D eigenvalue weighted by molar-refractivity contribution is 9.24. The Labute approximate surface area is 84.0 Å². The molecule has 0 bridgehead atoms. The van der Waals surface area contributed by atoms with Crippen LogP contribution in [0.4, 0.5) is 13.2 Å². The van der Waals surface area contributed by atoms with Gasteiger partial charge in [-0.3, -0.25) is 0 Å². The van der Waals surface area contributed by atoms with E-state index >= 15 is 0 Å². The van der Waals surface area contributed by atoms with Crippen LogP contribution in [0.5, 0.6) is 0 Å². The second-order valence-corrected chi connectivity index (χ2v) is 5.16. The molecule has 0 spiro atoms. The number of hydrogen-bond donors (Lipinski definition) is 0. The van der Waals surface area contributed by atoms with Crippen molar-refractivity contribution in [3.63, 3.8) is 0 Å². The average Bonchev–Trinajstić information content (AvgIpc) is 1.99. The first-order chi connectivity index (χ1) is 5.52. The van der Waals surface area contributed by atoms with Gasteiger partial charge in [0.1, 0.15) is 0 Å². The van der Waals surface area contributed by atoms with Gasteiger partial charge in [0.05, 0.1) is 3.74 Å². The molecular formula is C7H3Br2F3. The maximum atomic E-state index is 12.5. The molecule has 0 radical (unpaired) electrons. The molecule has 0 unspecified atom stereocenters. The maximum Gasteiger partial charge on any atom is 0.194 e. The summed E-state index contributed by atoms with van der Waals surface area (Å²) in [5.74, 6) is -3.82. The van der Waals surface area contributed by atoms with E-state index in [2.05, 4.69) is 31.9 Å². The van der Waals surface area contributed by atoms with Crippen molar-refractivity contribution in [2.75, 3.05) is 0 Å². The summed E-state index contributed by atoms with van der Waals surface area (Å²) < 4.78 is 37.1. The fourth-order valence-corrected chi connectivity index (χ4v) is 1.23. The summed E-state index contributed by atoms with van der Waals surface area (Å²) in [4.78, 5) is 0. The number of halogens is 5. The predicted molar refractivity (Wildman–Crippen MR) is 46.9 cm³/mol. The molecule has 0 aliphatic carbocycles. The zero-order valence-corrected chi connectivity index (χ0v) is 8.79. The van der Waals surface area contributed by atoms with Crippen LogP contribution in [0.25, 0.3) is 0 Å². The maximum absolute atomic E-state index is 12.5. The first-order valence-corrected chi connectivity index (χ1v) is 4.78. The van der Waals surface area contributed by atoms with Gasteiger partial charge >= 0.3 is 0 Å². The van der Waals surface area contributed by atoms with E-state index in [1.54, 1.807) is 0 Å². The van der Waals surface area contributed by atoms with E-state index < -0.39 is 17.5 Å². The van der Waals surface area contributed by atoms with Crippen LogP contribution in [0, 0.1) is 17.5 Å². The van der Waals surface area contributed by atoms with E-state index in [-0.39, 0.29) is 3.74 Å². The van der Waals surface area contributed by atoms with Crippen molar-refractivity contribution in [2.24, 2.45) is 0 Å². The number of benzene rings is 1. The summed E-state index contributed by atoms with van der Waals surface area (Å²) in [7, 11) is 0. The monoisotopic (exact) mass is 302 g/mol. The fourth-order valence-electron chi connectivity index (χ4n) is 0.701. The molecule has 0 heterocycles. The van der Waals surface area contributed by atoms with Crippen LogP contribution < -0.4 is 0 Å². The molecule has 1 aromatic rings. The lowest BCUT2D eigenvalue weighted by molar-refractivity contribution is 0.446. The Morgan fingerprint density at radius 3 is 1.75 bits per heavy atom. The molecule has 0 amide bonds. The molecule has 0 atom stereocenters. The molecular weight excluding hydrogens is 301 g/mol. The predicted octanol–water partition coefficient (Wildman–Crippen LogP) is 3.89. The van der Waals surface area contributed by atoms with Gasteiger partial charge in [0, 0.05) is 0 Å². The summed E-state index contributed by atoms with van der Waals surface area (Å²) >= 11 is 6.07. The SMILES string of the molecule is Fc1cc(C(Br)Br)cc(F)c1F. The van der Waals surface area contributed by atoms with Crippen LogP contribution in [0.2, 0.25) is 0 Å². The van der Waals surface area contributed by atoms with Gasteiger partial charge in [-0.2, -0.15) is 0 Å². The third-order valence-electron chi connectivity index (χ3n) is 1.26. The van der Waals surface area contributed by atoms with E-state index in [0.717, 1.165) is 12.1 Å². The molecule has 0 saturated heterocycles. The first kappa shape index (κ1) is 10.1. The summed E-state index contributed by atoms with van der Waals surface area (Å²) in [6, 6.07) is 1.85. The molecule has 0 aromatic heterocycles. The Hall–Kier alpha value is -0.0300. The molecule has 0 aliphatic heterocycles. The number of rotatable bonds is 1. The van der Waals surface area contributed by atoms with Crippen LogP contribution in [0.3, 0.4) is 0 Å². The van der Waals surface area contributed by atoms with Crippen molar-refractivity contribution in [2.45, 2.75) is 3.74 Å². The van der Waals surface area contributed by atoms with Crippen molar-refractivity contribution >= 4 is 31.9 Å². The van der Waals surface area contributed by atoms with Crippen LogP contribution in [0.15, 0.2) is 12.1 Å². The molecule has 12 heavy (non-hydrogen) atoms. The van der Waals surface area contributed by atoms with E-state index in [9.17, 15) is 13.2 Å². The van der Waals surface area contributed by atoms with Gasteiger partial charge in [0.25, 0.3) is 0 Å². The van der Waals surface area contributed by atoms with E-state index in [4.69, 9.17) is 0 Å². The lowest BCUT2D eigenvalue weighted by atomic mass is 10.2. The van der Waals surface area contributed by atoms with E-state index in [0.29, 0.717) is 5.56 Å². The summed E-state index contributed by atoms with van der Waals surface area (Å²) in [6.45, 7) is 0. The molecule has 0 aliphatic rings. The number of hydrogen-bond acceptors (Lipinski definition) is 0. The first-order valence-electron chi connectivity index (χ1n) is 2.95. The third-order valence-corrected chi connectivity index (χ3v) is 2.32. The molecule has 0 fully saturated rings. The quantitative estimate of drug-likeness (QED) is 0.545. The second-order valence-electron chi connectivity index (χ2n) is 2.10. The Balaban J connectivity index is 3.21. The van der Waals surface area contributed by atoms with Crippen LogP contribution in [-0.4, -0.2) is 0 Å². The molecule has 0 N–H and O–H groups in total. The molecule has 66 valence electrons. The summed E-state index contributed by atoms with van der Waals surface area (Å²) in [5.41, 5.74) is 0.298. The van der Waals surface area contributed by atoms with Gasteiger partial charge in [-0.25, -0.2) is 13.2 Å². The van der Waals surface area contributed by atoms with Gasteiger partial charge in [-0.15, -0.1) is 0 Å². The van der Waals surface area contributed by atoms with E-state index in [1.807, 2.05) is 0 Å². The van der Waals surface area contributed by atoms with Gasteiger partial charge in [-0.1, -0.05) is 31.9 Å².